The van der Waals surface area contributed by atoms with E-state index in [1.807, 2.05) is 0 Å². The van der Waals surface area contributed by atoms with Gasteiger partial charge in [0.15, 0.2) is 10.9 Å². The molecular formula is C23H18F4N4O3S. The maximum atomic E-state index is 15.2. The van der Waals surface area contributed by atoms with Crippen molar-refractivity contribution in [2.24, 2.45) is 0 Å². The summed E-state index contributed by atoms with van der Waals surface area (Å²) in [6, 6.07) is 8.16. The number of alkyl halides is 3. The number of aliphatic hydroxyl groups excluding tert-OH is 1. The molecule has 1 amide bonds. The third-order valence-electron chi connectivity index (χ3n) is 6.60. The Morgan fingerprint density at radius 3 is 2.63 bits per heavy atom. The molecule has 182 valence electrons. The van der Waals surface area contributed by atoms with Gasteiger partial charge in [-0.1, -0.05) is 0 Å². The molecule has 0 bridgehead atoms. The zero-order valence-electron chi connectivity index (χ0n) is 18.0. The van der Waals surface area contributed by atoms with Gasteiger partial charge in [0.2, 0.25) is 0 Å². The molecule has 0 aromatic heterocycles. The number of fused-ring (bicyclic) bond motifs is 1. The number of halogens is 4. The van der Waals surface area contributed by atoms with Gasteiger partial charge in [0.1, 0.15) is 23.0 Å². The summed E-state index contributed by atoms with van der Waals surface area (Å²) in [5.74, 6) is -1.85. The van der Waals surface area contributed by atoms with E-state index in [4.69, 9.17) is 22.2 Å². The second-order valence-corrected chi connectivity index (χ2v) is 8.92. The Morgan fingerprint density at radius 1 is 1.29 bits per heavy atom. The van der Waals surface area contributed by atoms with Gasteiger partial charge in [0, 0.05) is 5.69 Å². The minimum Gasteiger partial charge on any atom is -0.484 e. The van der Waals surface area contributed by atoms with Crippen molar-refractivity contribution in [3.8, 4) is 11.8 Å². The Hall–Kier alpha value is -3.43. The molecule has 1 saturated carbocycles. The molecular weight excluding hydrogens is 488 g/mol. The van der Waals surface area contributed by atoms with Gasteiger partial charge in [0.05, 0.1) is 36.2 Å². The Labute approximate surface area is 202 Å². The van der Waals surface area contributed by atoms with Crippen LogP contribution in [0.15, 0.2) is 30.3 Å². The highest BCUT2D eigenvalue weighted by Gasteiger charge is 2.60. The Morgan fingerprint density at radius 2 is 2.03 bits per heavy atom. The van der Waals surface area contributed by atoms with E-state index in [-0.39, 0.29) is 11.7 Å². The molecule has 1 spiro atoms. The quantitative estimate of drug-likeness (QED) is 0.482. The van der Waals surface area contributed by atoms with Gasteiger partial charge in [-0.05, 0) is 61.8 Å². The fourth-order valence-corrected chi connectivity index (χ4v) is 5.21. The van der Waals surface area contributed by atoms with E-state index >= 15 is 4.39 Å². The van der Waals surface area contributed by atoms with E-state index in [1.165, 1.54) is 6.07 Å². The van der Waals surface area contributed by atoms with Crippen LogP contribution in [-0.2, 0) is 11.0 Å². The van der Waals surface area contributed by atoms with Crippen LogP contribution in [0, 0.1) is 17.1 Å². The number of nitrogens with zero attached hydrogens (tertiary/aromatic N) is 3. The molecule has 7 nitrogen and oxygen atoms in total. The number of rotatable bonds is 3. The number of thiocarbonyl (C=S) groups is 1. The SMILES string of the molecule is N#Cc1ccc(N2C(=O)C3(CCC3)N(c3ccc4c(c3)NC[C@H](CO)O4)C2=S)c(F)c1C(F)(F)F. The van der Waals surface area contributed by atoms with E-state index in [1.54, 1.807) is 23.1 Å². The smallest absolute Gasteiger partial charge is 0.420 e. The maximum absolute atomic E-state index is 15.2. The molecule has 0 unspecified atom stereocenters. The van der Waals surface area contributed by atoms with Crippen molar-refractivity contribution < 1.29 is 32.2 Å². The molecule has 2 N–H and O–H groups in total. The summed E-state index contributed by atoms with van der Waals surface area (Å²) in [5, 5.41) is 21.4. The largest absolute Gasteiger partial charge is 0.484 e. The predicted octanol–water partition coefficient (Wildman–Crippen LogP) is 3.94. The summed E-state index contributed by atoms with van der Waals surface area (Å²) in [4.78, 5) is 15.9. The summed E-state index contributed by atoms with van der Waals surface area (Å²) in [5.41, 5.74) is -3.32. The first-order valence-corrected chi connectivity index (χ1v) is 11.2. The minimum atomic E-state index is -5.14. The number of anilines is 3. The first kappa shape index (κ1) is 23.3. The van der Waals surface area contributed by atoms with Crippen LogP contribution in [0.25, 0.3) is 0 Å². The van der Waals surface area contributed by atoms with Crippen LogP contribution in [0.3, 0.4) is 0 Å². The van der Waals surface area contributed by atoms with Crippen molar-refractivity contribution in [1.29, 1.82) is 5.26 Å². The van der Waals surface area contributed by atoms with Gasteiger partial charge in [-0.2, -0.15) is 18.4 Å². The van der Waals surface area contributed by atoms with Gasteiger partial charge < -0.3 is 20.1 Å². The van der Waals surface area contributed by atoms with Crippen LogP contribution in [0.4, 0.5) is 34.6 Å². The van der Waals surface area contributed by atoms with E-state index in [9.17, 15) is 23.1 Å². The first-order chi connectivity index (χ1) is 16.6. The van der Waals surface area contributed by atoms with E-state index in [0.29, 0.717) is 42.9 Å². The van der Waals surface area contributed by atoms with Crippen molar-refractivity contribution in [3.63, 3.8) is 0 Å². The molecule has 12 heteroatoms. The number of carbonyl (C=O) groups excluding carboxylic acids is 1. The maximum Gasteiger partial charge on any atom is 0.420 e. The lowest BCUT2D eigenvalue weighted by molar-refractivity contribution is -0.140. The van der Waals surface area contributed by atoms with Crippen molar-refractivity contribution in [2.45, 2.75) is 37.1 Å². The molecule has 2 aromatic rings. The number of hydrogen-bond acceptors (Lipinski definition) is 6. The van der Waals surface area contributed by atoms with E-state index in [0.717, 1.165) is 17.0 Å². The van der Waals surface area contributed by atoms with E-state index < -0.39 is 46.4 Å². The van der Waals surface area contributed by atoms with Crippen LogP contribution in [-0.4, -0.2) is 40.9 Å². The molecule has 2 aromatic carbocycles. The normalized spacial score (nSPS) is 20.7. The molecule has 35 heavy (non-hydrogen) atoms. The highest BCUT2D eigenvalue weighted by atomic mass is 32.1. The Balaban J connectivity index is 1.59. The summed E-state index contributed by atoms with van der Waals surface area (Å²) in [7, 11) is 0. The van der Waals surface area contributed by atoms with Gasteiger partial charge in [0.25, 0.3) is 5.91 Å². The zero-order valence-corrected chi connectivity index (χ0v) is 18.8. The van der Waals surface area contributed by atoms with Crippen LogP contribution < -0.4 is 19.9 Å². The van der Waals surface area contributed by atoms with Crippen LogP contribution in [0.1, 0.15) is 30.4 Å². The number of carbonyl (C=O) groups is 1. The number of nitriles is 1. The number of ether oxygens (including phenoxy) is 1. The van der Waals surface area contributed by atoms with Crippen molar-refractivity contribution in [1.82, 2.24) is 0 Å². The van der Waals surface area contributed by atoms with Gasteiger partial charge in [-0.15, -0.1) is 0 Å². The number of aliphatic hydroxyl groups is 1. The standard InChI is InChI=1S/C23H18F4N4O3S/c24-19-16(4-2-12(9-28)18(19)23(25,26)27)30-20(33)22(6-1-7-22)31(21(30)35)13-3-5-17-15(8-13)29-10-14(11-32)34-17/h2-5,8,14,29,32H,1,6-7,10-11H2/t14-/m1/s1. The fraction of sp³-hybridized carbons (Fsp3) is 0.348. The second-order valence-electron chi connectivity index (χ2n) is 8.56. The molecule has 2 heterocycles. The van der Waals surface area contributed by atoms with Crippen molar-refractivity contribution in [3.05, 3.63) is 47.3 Å². The number of benzene rings is 2. The molecule has 5 rings (SSSR count). The fourth-order valence-electron chi connectivity index (χ4n) is 4.75. The Kier molecular flexibility index (Phi) is 5.37. The average Bonchev–Trinajstić information content (AvgIpc) is 3.04. The highest BCUT2D eigenvalue weighted by molar-refractivity contribution is 7.81. The number of nitrogens with one attached hydrogen (secondary N) is 1. The molecule has 2 fully saturated rings. The molecule has 3 aliphatic rings. The minimum absolute atomic E-state index is 0.156. The van der Waals surface area contributed by atoms with Gasteiger partial charge in [-0.25, -0.2) is 4.39 Å². The molecule has 1 saturated heterocycles. The number of amides is 1. The number of hydrogen-bond donors (Lipinski definition) is 2. The topological polar surface area (TPSA) is 88.8 Å². The van der Waals surface area contributed by atoms with Gasteiger partial charge >= 0.3 is 6.18 Å². The summed E-state index contributed by atoms with van der Waals surface area (Å²) >= 11 is 5.54. The molecule has 2 aliphatic heterocycles. The molecule has 1 aliphatic carbocycles. The highest BCUT2D eigenvalue weighted by Crippen LogP contribution is 2.50. The third-order valence-corrected chi connectivity index (χ3v) is 6.96. The molecule has 0 radical (unpaired) electrons. The lowest BCUT2D eigenvalue weighted by atomic mass is 9.75. The third kappa shape index (κ3) is 3.41. The predicted molar refractivity (Wildman–Crippen MR) is 122 cm³/mol. The molecule has 1 atom stereocenters. The van der Waals surface area contributed by atoms with Crippen molar-refractivity contribution in [2.75, 3.05) is 28.3 Å². The van der Waals surface area contributed by atoms with Gasteiger partial charge in [-0.3, -0.25) is 9.69 Å². The first-order valence-electron chi connectivity index (χ1n) is 10.8. The van der Waals surface area contributed by atoms with Crippen molar-refractivity contribution >= 4 is 40.3 Å². The van der Waals surface area contributed by atoms with E-state index in [2.05, 4.69) is 5.32 Å². The zero-order chi connectivity index (χ0) is 25.1. The lowest BCUT2D eigenvalue weighted by Gasteiger charge is -2.43. The summed E-state index contributed by atoms with van der Waals surface area (Å²) in [6.07, 6.45) is -4.09. The van der Waals surface area contributed by atoms with Crippen LogP contribution in [0.2, 0.25) is 0 Å². The second kappa shape index (κ2) is 8.07. The van der Waals surface area contributed by atoms with Crippen LogP contribution >= 0.6 is 12.2 Å². The summed E-state index contributed by atoms with van der Waals surface area (Å²) in [6.45, 7) is 0.178. The summed E-state index contributed by atoms with van der Waals surface area (Å²) < 4.78 is 61.6. The average molecular weight is 506 g/mol. The Bertz CT molecular complexity index is 1290. The monoisotopic (exact) mass is 506 g/mol. The van der Waals surface area contributed by atoms with Crippen LogP contribution in [0.5, 0.6) is 5.75 Å². The lowest BCUT2D eigenvalue weighted by Crippen LogP contribution is -2.55.